The van der Waals surface area contributed by atoms with Gasteiger partial charge in [-0.05, 0) is 62.3 Å². The molecular weight excluding hydrogens is 432 g/mol. The molecule has 0 spiro atoms. The van der Waals surface area contributed by atoms with Crippen molar-refractivity contribution in [3.8, 4) is 0 Å². The van der Waals surface area contributed by atoms with Crippen molar-refractivity contribution in [2.24, 2.45) is 5.41 Å². The van der Waals surface area contributed by atoms with Crippen LogP contribution in [0.4, 0.5) is 0 Å². The summed E-state index contributed by atoms with van der Waals surface area (Å²) in [6.07, 6.45) is 0.481. The van der Waals surface area contributed by atoms with Crippen molar-refractivity contribution >= 4 is 5.78 Å². The molecule has 0 heterocycles. The Morgan fingerprint density at radius 3 is 1.29 bits per heavy atom. The average Bonchev–Trinajstić information content (AvgIpc) is 2.63. The number of hydrogen-bond donors (Lipinski definition) is 2. The van der Waals surface area contributed by atoms with Crippen molar-refractivity contribution in [1.82, 2.24) is 10.6 Å². The zero-order valence-electron chi connectivity index (χ0n) is 24.6. The molecule has 0 rings (SSSR count). The topological polar surface area (TPSA) is 78.1 Å². The Morgan fingerprint density at radius 1 is 0.559 bits per heavy atom. The standard InChI is InChI=1S/C15H31NO3.C12H27NO2/c1-14(2,3)13(17)7-9-18-11-12-19-10-8-16-15(4,5)6;1-11(2,3)13-7-8-14-9-10-15-12(4,5)6/h16H,7-12H2,1-6H3;13H,7-10H2,1-6H3. The normalized spacial score (nSPS) is 12.9. The molecule has 0 radical (unpaired) electrons. The number of ether oxygens (including phenoxy) is 4. The molecule has 0 bridgehead atoms. The van der Waals surface area contributed by atoms with Crippen LogP contribution in [0.3, 0.4) is 0 Å². The van der Waals surface area contributed by atoms with Crippen LogP contribution < -0.4 is 10.6 Å². The molecule has 0 atom stereocenters. The van der Waals surface area contributed by atoms with Crippen LogP contribution in [-0.2, 0) is 23.7 Å². The summed E-state index contributed by atoms with van der Waals surface area (Å²) in [5.41, 5.74) is -0.0239. The van der Waals surface area contributed by atoms with Crippen molar-refractivity contribution in [2.45, 2.75) is 106 Å². The van der Waals surface area contributed by atoms with E-state index in [9.17, 15) is 4.79 Å². The van der Waals surface area contributed by atoms with Gasteiger partial charge in [0.25, 0.3) is 0 Å². The van der Waals surface area contributed by atoms with E-state index < -0.39 is 0 Å². The van der Waals surface area contributed by atoms with Crippen molar-refractivity contribution in [3.05, 3.63) is 0 Å². The van der Waals surface area contributed by atoms with E-state index in [2.05, 4.69) is 52.2 Å². The molecule has 206 valence electrons. The van der Waals surface area contributed by atoms with E-state index in [0.717, 1.165) is 19.7 Å². The molecule has 2 N–H and O–H groups in total. The second-order valence-electron chi connectivity index (χ2n) is 12.6. The number of carbonyl (C=O) groups is 1. The van der Waals surface area contributed by atoms with Gasteiger partial charge in [-0.2, -0.15) is 0 Å². The molecule has 0 aromatic heterocycles. The summed E-state index contributed by atoms with van der Waals surface area (Å²) in [6, 6.07) is 0. The van der Waals surface area contributed by atoms with E-state index >= 15 is 0 Å². The second kappa shape index (κ2) is 17.8. The van der Waals surface area contributed by atoms with Gasteiger partial charge >= 0.3 is 0 Å². The van der Waals surface area contributed by atoms with Crippen LogP contribution in [0.5, 0.6) is 0 Å². The molecule has 0 aliphatic heterocycles. The highest BCUT2D eigenvalue weighted by Gasteiger charge is 2.20. The summed E-state index contributed by atoms with van der Waals surface area (Å²) in [5.74, 6) is 0.239. The first-order valence-electron chi connectivity index (χ1n) is 12.7. The quantitative estimate of drug-likeness (QED) is 0.324. The maximum atomic E-state index is 11.6. The van der Waals surface area contributed by atoms with Gasteiger partial charge in [-0.1, -0.05) is 20.8 Å². The molecule has 0 aliphatic carbocycles. The van der Waals surface area contributed by atoms with E-state index in [1.165, 1.54) is 0 Å². The highest BCUT2D eigenvalue weighted by molar-refractivity contribution is 5.83. The summed E-state index contributed by atoms with van der Waals surface area (Å²) in [4.78, 5) is 11.6. The van der Waals surface area contributed by atoms with Crippen molar-refractivity contribution < 1.29 is 23.7 Å². The van der Waals surface area contributed by atoms with Crippen LogP contribution in [0.1, 0.15) is 89.5 Å². The van der Waals surface area contributed by atoms with Gasteiger partial charge in [0.05, 0.1) is 51.8 Å². The van der Waals surface area contributed by atoms with Crippen molar-refractivity contribution in [2.75, 3.05) is 59.3 Å². The van der Waals surface area contributed by atoms with Crippen LogP contribution in [0, 0.1) is 5.41 Å². The highest BCUT2D eigenvalue weighted by Crippen LogP contribution is 2.16. The van der Waals surface area contributed by atoms with Crippen LogP contribution in [0.15, 0.2) is 0 Å². The molecule has 0 saturated carbocycles. The van der Waals surface area contributed by atoms with E-state index in [1.807, 2.05) is 41.5 Å². The maximum Gasteiger partial charge on any atom is 0.140 e. The van der Waals surface area contributed by atoms with E-state index in [-0.39, 0.29) is 27.9 Å². The van der Waals surface area contributed by atoms with Gasteiger partial charge in [0.2, 0.25) is 0 Å². The number of ketones is 1. The number of rotatable bonds is 15. The molecule has 0 aromatic rings. The smallest absolute Gasteiger partial charge is 0.140 e. The molecule has 0 amide bonds. The summed E-state index contributed by atoms with van der Waals surface area (Å²) in [7, 11) is 0. The highest BCUT2D eigenvalue weighted by atomic mass is 16.5. The molecule has 0 saturated heterocycles. The molecule has 34 heavy (non-hydrogen) atoms. The van der Waals surface area contributed by atoms with Gasteiger partial charge in [-0.25, -0.2) is 0 Å². The summed E-state index contributed by atoms with van der Waals surface area (Å²) < 4.78 is 21.8. The largest absolute Gasteiger partial charge is 0.379 e. The zero-order chi connectivity index (χ0) is 26.9. The molecule has 0 fully saturated rings. The fraction of sp³-hybridized carbons (Fsp3) is 0.963. The first kappa shape index (κ1) is 35.6. The Morgan fingerprint density at radius 2 is 0.941 bits per heavy atom. The number of Topliss-reactive ketones (excluding diaryl/α,β-unsaturated/α-hetero) is 1. The van der Waals surface area contributed by atoms with E-state index in [0.29, 0.717) is 46.1 Å². The summed E-state index contributed by atoms with van der Waals surface area (Å²) in [6.45, 7) is 30.9. The minimum atomic E-state index is -0.265. The van der Waals surface area contributed by atoms with Crippen LogP contribution in [0.2, 0.25) is 0 Å². The lowest BCUT2D eigenvalue weighted by atomic mass is 9.89. The van der Waals surface area contributed by atoms with Gasteiger partial charge in [-0.15, -0.1) is 0 Å². The third kappa shape index (κ3) is 31.4. The fourth-order valence-corrected chi connectivity index (χ4v) is 2.37. The van der Waals surface area contributed by atoms with Crippen LogP contribution in [0.25, 0.3) is 0 Å². The summed E-state index contributed by atoms with van der Waals surface area (Å²) in [5, 5.41) is 6.71. The third-order valence-electron chi connectivity index (χ3n) is 4.25. The molecular formula is C27H58N2O5. The van der Waals surface area contributed by atoms with Gasteiger partial charge in [0.15, 0.2) is 0 Å². The minimum absolute atomic E-state index is 0.0625. The lowest BCUT2D eigenvalue weighted by molar-refractivity contribution is -0.127. The number of hydrogen-bond acceptors (Lipinski definition) is 7. The first-order valence-corrected chi connectivity index (χ1v) is 12.7. The Balaban J connectivity index is 0. The molecule has 7 heteroatoms. The molecule has 7 nitrogen and oxygen atoms in total. The lowest BCUT2D eigenvalue weighted by Gasteiger charge is -2.21. The maximum absolute atomic E-state index is 11.6. The van der Waals surface area contributed by atoms with Gasteiger partial charge in [0, 0.05) is 36.0 Å². The minimum Gasteiger partial charge on any atom is -0.379 e. The Bertz CT molecular complexity index is 479. The third-order valence-corrected chi connectivity index (χ3v) is 4.25. The molecule has 0 aliphatic rings. The average molecular weight is 491 g/mol. The fourth-order valence-electron chi connectivity index (χ4n) is 2.37. The second-order valence-corrected chi connectivity index (χ2v) is 12.6. The predicted octanol–water partition coefficient (Wildman–Crippen LogP) is 4.62. The molecule has 0 unspecified atom stereocenters. The van der Waals surface area contributed by atoms with Crippen LogP contribution in [-0.4, -0.2) is 81.8 Å². The van der Waals surface area contributed by atoms with Crippen molar-refractivity contribution in [1.29, 1.82) is 0 Å². The predicted molar refractivity (Wildman–Crippen MR) is 143 cm³/mol. The van der Waals surface area contributed by atoms with Gasteiger partial charge < -0.3 is 29.6 Å². The van der Waals surface area contributed by atoms with E-state index in [1.54, 1.807) is 0 Å². The van der Waals surface area contributed by atoms with Crippen LogP contribution >= 0.6 is 0 Å². The Kier molecular flexibility index (Phi) is 18.6. The van der Waals surface area contributed by atoms with E-state index in [4.69, 9.17) is 18.9 Å². The first-order chi connectivity index (χ1) is 15.3. The Labute approximate surface area is 211 Å². The SMILES string of the molecule is CC(C)(C)NCCOCCOC(C)(C)C.CC(C)(C)NCCOCCOCCC(=O)C(C)(C)C. The molecule has 0 aromatic carbocycles. The van der Waals surface area contributed by atoms with Crippen molar-refractivity contribution in [3.63, 3.8) is 0 Å². The Hall–Kier alpha value is -0.570. The lowest BCUT2D eigenvalue weighted by Crippen LogP contribution is -2.38. The number of carbonyl (C=O) groups excluding carboxylic acids is 1. The summed E-state index contributed by atoms with van der Waals surface area (Å²) >= 11 is 0. The number of nitrogens with one attached hydrogen (secondary N) is 2. The zero-order valence-corrected chi connectivity index (χ0v) is 24.6. The van der Waals surface area contributed by atoms with Gasteiger partial charge in [-0.3, -0.25) is 4.79 Å². The van der Waals surface area contributed by atoms with Gasteiger partial charge in [0.1, 0.15) is 5.78 Å². The monoisotopic (exact) mass is 490 g/mol.